The van der Waals surface area contributed by atoms with Crippen LogP contribution in [0.5, 0.6) is 0 Å². The molecular weight excluding hydrogens is 202 g/mol. The van der Waals surface area contributed by atoms with Crippen molar-refractivity contribution in [3.8, 4) is 0 Å². The standard InChI is InChI=1S/C9H7NO2.2C2H6/c1-10-8(11)6-4-2-3-5-7(6)9(10)12;2*1-2/h2-5H,1H3;2*1-2H3. The molecule has 3 heteroatoms. The predicted octanol–water partition coefficient (Wildman–Crippen LogP) is 2.96. The second-order valence-electron chi connectivity index (χ2n) is 2.71. The molecule has 1 aliphatic rings. The molecule has 88 valence electrons. The van der Waals surface area contributed by atoms with Crippen LogP contribution in [-0.2, 0) is 0 Å². The maximum absolute atomic E-state index is 11.3. The number of carbonyl (C=O) groups is 2. The molecule has 3 nitrogen and oxygen atoms in total. The number of carbonyl (C=O) groups excluding carboxylic acids is 2. The lowest BCUT2D eigenvalue weighted by Gasteiger charge is -2.02. The summed E-state index contributed by atoms with van der Waals surface area (Å²) < 4.78 is 0. The van der Waals surface area contributed by atoms with Gasteiger partial charge in [0.2, 0.25) is 0 Å². The second-order valence-corrected chi connectivity index (χ2v) is 2.71. The highest BCUT2D eigenvalue weighted by Gasteiger charge is 2.31. The summed E-state index contributed by atoms with van der Waals surface area (Å²) in [6.07, 6.45) is 0. The van der Waals surface area contributed by atoms with Gasteiger partial charge in [-0.2, -0.15) is 0 Å². The molecule has 0 bridgehead atoms. The van der Waals surface area contributed by atoms with Crippen LogP contribution in [0.3, 0.4) is 0 Å². The molecule has 2 rings (SSSR count). The molecule has 0 aliphatic carbocycles. The van der Waals surface area contributed by atoms with Gasteiger partial charge in [0.15, 0.2) is 0 Å². The van der Waals surface area contributed by atoms with Crippen LogP contribution < -0.4 is 0 Å². The summed E-state index contributed by atoms with van der Waals surface area (Å²) in [6.45, 7) is 8.00. The Labute approximate surface area is 97.1 Å². The van der Waals surface area contributed by atoms with Crippen molar-refractivity contribution in [2.75, 3.05) is 7.05 Å². The van der Waals surface area contributed by atoms with Gasteiger partial charge in [0.05, 0.1) is 11.1 Å². The molecule has 0 N–H and O–H groups in total. The predicted molar refractivity (Wildman–Crippen MR) is 65.6 cm³/mol. The Kier molecular flexibility index (Phi) is 6.08. The molecule has 0 unspecified atom stereocenters. The van der Waals surface area contributed by atoms with Gasteiger partial charge in [-0.05, 0) is 12.1 Å². The van der Waals surface area contributed by atoms with Crippen LogP contribution in [0.4, 0.5) is 0 Å². The van der Waals surface area contributed by atoms with Crippen molar-refractivity contribution in [1.82, 2.24) is 4.90 Å². The fourth-order valence-corrected chi connectivity index (χ4v) is 1.31. The van der Waals surface area contributed by atoms with Crippen LogP contribution in [0.15, 0.2) is 24.3 Å². The Morgan fingerprint density at radius 1 is 0.812 bits per heavy atom. The van der Waals surface area contributed by atoms with E-state index in [0.29, 0.717) is 11.1 Å². The van der Waals surface area contributed by atoms with Gasteiger partial charge in [-0.3, -0.25) is 14.5 Å². The van der Waals surface area contributed by atoms with Crippen LogP contribution in [0.2, 0.25) is 0 Å². The fourth-order valence-electron chi connectivity index (χ4n) is 1.31. The second kappa shape index (κ2) is 6.77. The van der Waals surface area contributed by atoms with Gasteiger partial charge in [0.25, 0.3) is 11.8 Å². The van der Waals surface area contributed by atoms with Crippen molar-refractivity contribution in [1.29, 1.82) is 0 Å². The highest BCUT2D eigenvalue weighted by Crippen LogP contribution is 2.20. The zero-order chi connectivity index (χ0) is 12.7. The Balaban J connectivity index is 0.000000509. The highest BCUT2D eigenvalue weighted by molar-refractivity contribution is 6.21. The summed E-state index contributed by atoms with van der Waals surface area (Å²) in [4.78, 5) is 23.8. The first-order valence-corrected chi connectivity index (χ1v) is 5.63. The number of benzene rings is 1. The van der Waals surface area contributed by atoms with E-state index in [2.05, 4.69) is 0 Å². The third-order valence-corrected chi connectivity index (χ3v) is 2.00. The smallest absolute Gasteiger partial charge is 0.261 e. The highest BCUT2D eigenvalue weighted by atomic mass is 16.2. The molecule has 1 aromatic rings. The summed E-state index contributed by atoms with van der Waals surface area (Å²) in [5.74, 6) is -0.425. The van der Waals surface area contributed by atoms with Gasteiger partial charge in [-0.1, -0.05) is 39.8 Å². The van der Waals surface area contributed by atoms with E-state index in [4.69, 9.17) is 0 Å². The van der Waals surface area contributed by atoms with Crippen LogP contribution in [-0.4, -0.2) is 23.8 Å². The zero-order valence-electron chi connectivity index (χ0n) is 10.6. The molecule has 1 aromatic carbocycles. The average Bonchev–Trinajstić information content (AvgIpc) is 2.60. The summed E-state index contributed by atoms with van der Waals surface area (Å²) in [5, 5.41) is 0. The molecule has 0 radical (unpaired) electrons. The Morgan fingerprint density at radius 2 is 1.12 bits per heavy atom. The van der Waals surface area contributed by atoms with E-state index >= 15 is 0 Å². The maximum Gasteiger partial charge on any atom is 0.261 e. The van der Waals surface area contributed by atoms with Gasteiger partial charge in [0, 0.05) is 7.05 Å². The van der Waals surface area contributed by atoms with Crippen LogP contribution in [0, 0.1) is 0 Å². The van der Waals surface area contributed by atoms with Crippen molar-refractivity contribution >= 4 is 11.8 Å². The van der Waals surface area contributed by atoms with E-state index < -0.39 is 0 Å². The molecule has 0 saturated heterocycles. The molecule has 1 aliphatic heterocycles. The van der Waals surface area contributed by atoms with Crippen molar-refractivity contribution in [3.63, 3.8) is 0 Å². The van der Waals surface area contributed by atoms with Crippen LogP contribution in [0.1, 0.15) is 48.4 Å². The van der Waals surface area contributed by atoms with Gasteiger partial charge >= 0.3 is 0 Å². The lowest BCUT2D eigenvalue weighted by molar-refractivity contribution is 0.0693. The van der Waals surface area contributed by atoms with Crippen LogP contribution >= 0.6 is 0 Å². The summed E-state index contributed by atoms with van der Waals surface area (Å²) in [6, 6.07) is 6.84. The van der Waals surface area contributed by atoms with Gasteiger partial charge in [0.1, 0.15) is 0 Å². The van der Waals surface area contributed by atoms with Gasteiger partial charge in [-0.15, -0.1) is 0 Å². The van der Waals surface area contributed by atoms with Crippen molar-refractivity contribution in [2.45, 2.75) is 27.7 Å². The molecule has 1 heterocycles. The molecule has 16 heavy (non-hydrogen) atoms. The molecule has 2 amide bonds. The van der Waals surface area contributed by atoms with E-state index in [9.17, 15) is 9.59 Å². The number of amides is 2. The third-order valence-electron chi connectivity index (χ3n) is 2.00. The lowest BCUT2D eigenvalue weighted by atomic mass is 10.1. The number of hydrogen-bond acceptors (Lipinski definition) is 2. The Bertz CT molecular complexity index is 337. The Morgan fingerprint density at radius 3 is 1.44 bits per heavy atom. The van der Waals surface area contributed by atoms with E-state index in [0.717, 1.165) is 4.90 Å². The summed E-state index contributed by atoms with van der Waals surface area (Å²) in [7, 11) is 1.49. The summed E-state index contributed by atoms with van der Waals surface area (Å²) >= 11 is 0. The number of imide groups is 1. The average molecular weight is 221 g/mol. The lowest BCUT2D eigenvalue weighted by Crippen LogP contribution is -2.24. The van der Waals surface area contributed by atoms with Crippen molar-refractivity contribution in [2.24, 2.45) is 0 Å². The number of hydrogen-bond donors (Lipinski definition) is 0. The van der Waals surface area contributed by atoms with E-state index in [1.165, 1.54) is 7.05 Å². The number of nitrogens with zero attached hydrogens (tertiary/aromatic N) is 1. The first-order valence-electron chi connectivity index (χ1n) is 5.63. The zero-order valence-corrected chi connectivity index (χ0v) is 10.6. The van der Waals surface area contributed by atoms with Crippen LogP contribution in [0.25, 0.3) is 0 Å². The van der Waals surface area contributed by atoms with Crippen molar-refractivity contribution in [3.05, 3.63) is 35.4 Å². The summed E-state index contributed by atoms with van der Waals surface area (Å²) in [5.41, 5.74) is 1.01. The minimum Gasteiger partial charge on any atom is -0.277 e. The van der Waals surface area contributed by atoms with Gasteiger partial charge < -0.3 is 0 Å². The van der Waals surface area contributed by atoms with E-state index in [1.54, 1.807) is 24.3 Å². The monoisotopic (exact) mass is 221 g/mol. The minimum atomic E-state index is -0.212. The Hall–Kier alpha value is -1.64. The topological polar surface area (TPSA) is 37.4 Å². The fraction of sp³-hybridized carbons (Fsp3) is 0.385. The number of fused-ring (bicyclic) bond motifs is 1. The molecule has 0 spiro atoms. The SMILES string of the molecule is CC.CC.CN1C(=O)c2ccccc2C1=O. The first kappa shape index (κ1) is 14.4. The normalized spacial score (nSPS) is 12.2. The number of rotatable bonds is 0. The maximum atomic E-state index is 11.3. The molecule has 0 atom stereocenters. The minimum absolute atomic E-state index is 0.212. The molecular formula is C13H19NO2. The van der Waals surface area contributed by atoms with Crippen molar-refractivity contribution < 1.29 is 9.59 Å². The van der Waals surface area contributed by atoms with E-state index in [1.807, 2.05) is 27.7 Å². The third kappa shape index (κ3) is 2.48. The van der Waals surface area contributed by atoms with Gasteiger partial charge in [-0.25, -0.2) is 0 Å². The largest absolute Gasteiger partial charge is 0.277 e. The molecule has 0 saturated carbocycles. The first-order chi connectivity index (χ1) is 7.72. The molecule has 0 fully saturated rings. The van der Waals surface area contributed by atoms with E-state index in [-0.39, 0.29) is 11.8 Å². The quantitative estimate of drug-likeness (QED) is 0.632. The molecule has 0 aromatic heterocycles.